The minimum atomic E-state index is 0.741. The minimum Gasteiger partial charge on any atom is -0.329 e. The Morgan fingerprint density at radius 2 is 0.889 bits per heavy atom. The van der Waals surface area contributed by atoms with E-state index in [1.165, 1.54) is 92.0 Å². The van der Waals surface area contributed by atoms with Crippen molar-refractivity contribution in [1.82, 2.24) is 5.32 Å². The van der Waals surface area contributed by atoms with Crippen molar-refractivity contribution >= 4 is 11.1 Å². The molecule has 0 aromatic heterocycles. The first kappa shape index (κ1) is 27.9. The molecule has 2 nitrogen and oxygen atoms in total. The zero-order chi connectivity index (χ0) is 25.1. The molecule has 0 fully saturated rings. The van der Waals surface area contributed by atoms with Gasteiger partial charge < -0.3 is 11.1 Å². The average Bonchev–Trinajstić information content (AvgIpc) is 2.94. The highest BCUT2D eigenvalue weighted by Gasteiger charge is 2.13. The van der Waals surface area contributed by atoms with Crippen LogP contribution in [-0.2, 0) is 0 Å². The lowest BCUT2D eigenvalue weighted by Crippen LogP contribution is -2.23. The highest BCUT2D eigenvalue weighted by atomic mass is 14.9. The number of nitrogens with one attached hydrogen (secondary N) is 1. The molecule has 0 atom stereocenters. The fraction of sp³-hybridized carbons (Fsp3) is 0.412. The second-order valence-electron chi connectivity index (χ2n) is 9.78. The van der Waals surface area contributed by atoms with Gasteiger partial charge in [-0.2, -0.15) is 0 Å². The van der Waals surface area contributed by atoms with E-state index in [1.807, 2.05) is 0 Å². The van der Waals surface area contributed by atoms with Crippen molar-refractivity contribution in [3.05, 3.63) is 108 Å². The van der Waals surface area contributed by atoms with Crippen molar-refractivity contribution in [2.24, 2.45) is 5.73 Å². The normalized spacial score (nSPS) is 10.9. The zero-order valence-corrected chi connectivity index (χ0v) is 22.1. The number of benzene rings is 3. The molecule has 0 aliphatic heterocycles. The van der Waals surface area contributed by atoms with E-state index < -0.39 is 0 Å². The first-order chi connectivity index (χ1) is 17.9. The van der Waals surface area contributed by atoms with Crippen LogP contribution in [-0.4, -0.2) is 19.6 Å². The predicted octanol–water partition coefficient (Wildman–Crippen LogP) is 8.49. The highest BCUT2D eigenvalue weighted by Crippen LogP contribution is 2.35. The number of rotatable bonds is 18. The van der Waals surface area contributed by atoms with E-state index in [0.717, 1.165) is 26.1 Å². The Morgan fingerprint density at radius 3 is 1.36 bits per heavy atom. The van der Waals surface area contributed by atoms with Gasteiger partial charge in [0.2, 0.25) is 0 Å². The molecular weight excluding hydrogens is 436 g/mol. The van der Waals surface area contributed by atoms with Crippen LogP contribution in [0.5, 0.6) is 0 Å². The van der Waals surface area contributed by atoms with Crippen LogP contribution >= 0.6 is 0 Å². The molecule has 0 spiro atoms. The summed E-state index contributed by atoms with van der Waals surface area (Å²) in [5.41, 5.74) is 12.3. The Labute approximate surface area is 220 Å². The van der Waals surface area contributed by atoms with Crippen LogP contribution in [0.2, 0.25) is 0 Å². The summed E-state index contributed by atoms with van der Waals surface area (Å²) in [6.45, 7) is 2.81. The van der Waals surface area contributed by atoms with Crippen LogP contribution < -0.4 is 11.1 Å². The predicted molar refractivity (Wildman–Crippen MR) is 158 cm³/mol. The highest BCUT2D eigenvalue weighted by molar-refractivity contribution is 5.98. The van der Waals surface area contributed by atoms with E-state index in [4.69, 9.17) is 5.73 Å². The number of nitrogens with two attached hydrogens (primary N) is 1. The summed E-state index contributed by atoms with van der Waals surface area (Å²) in [4.78, 5) is 0. The maximum atomic E-state index is 5.51. The molecule has 2 heteroatoms. The lowest BCUT2D eigenvalue weighted by molar-refractivity contribution is 0.543. The monoisotopic (exact) mass is 482 g/mol. The zero-order valence-electron chi connectivity index (χ0n) is 22.1. The topological polar surface area (TPSA) is 38.0 Å². The smallest absolute Gasteiger partial charge is 0.00745 e. The Balaban J connectivity index is 1.51. The van der Waals surface area contributed by atoms with E-state index in [0.29, 0.717) is 0 Å². The molecule has 3 rings (SSSR count). The Kier molecular flexibility index (Phi) is 13.7. The quantitative estimate of drug-likeness (QED) is 0.141. The number of hydrogen-bond acceptors (Lipinski definition) is 2. The maximum Gasteiger partial charge on any atom is 0.00745 e. The van der Waals surface area contributed by atoms with Crippen LogP contribution in [0.15, 0.2) is 91.0 Å². The largest absolute Gasteiger partial charge is 0.329 e. The fourth-order valence-corrected chi connectivity index (χ4v) is 4.97. The van der Waals surface area contributed by atoms with Crippen LogP contribution in [0.4, 0.5) is 0 Å². The van der Waals surface area contributed by atoms with Crippen molar-refractivity contribution in [2.45, 2.75) is 70.6 Å². The third-order valence-corrected chi connectivity index (χ3v) is 6.90. The van der Waals surface area contributed by atoms with E-state index in [9.17, 15) is 0 Å². The first-order valence-corrected chi connectivity index (χ1v) is 14.2. The summed E-state index contributed by atoms with van der Waals surface area (Å²) in [6, 6.07) is 32.8. The average molecular weight is 483 g/mol. The number of hydrogen-bond donors (Lipinski definition) is 2. The second-order valence-corrected chi connectivity index (χ2v) is 9.78. The van der Waals surface area contributed by atoms with Crippen LogP contribution in [0, 0.1) is 0 Å². The molecule has 0 amide bonds. The van der Waals surface area contributed by atoms with Crippen molar-refractivity contribution in [2.75, 3.05) is 19.6 Å². The van der Waals surface area contributed by atoms with Crippen molar-refractivity contribution < 1.29 is 0 Å². The summed E-state index contributed by atoms with van der Waals surface area (Å²) >= 11 is 0. The Hall–Kier alpha value is -2.68. The molecule has 0 radical (unpaired) electrons. The minimum absolute atomic E-state index is 0.741. The molecular formula is C34H46N2. The molecule has 0 bridgehead atoms. The van der Waals surface area contributed by atoms with Crippen LogP contribution in [0.3, 0.4) is 0 Å². The third kappa shape index (κ3) is 10.1. The van der Waals surface area contributed by atoms with Crippen LogP contribution in [0.25, 0.3) is 11.1 Å². The molecule has 0 saturated heterocycles. The van der Waals surface area contributed by atoms with E-state index in [2.05, 4.69) is 96.3 Å². The molecule has 3 aromatic rings. The first-order valence-electron chi connectivity index (χ1n) is 14.2. The summed E-state index contributed by atoms with van der Waals surface area (Å²) in [5.74, 6) is 0. The Morgan fingerprint density at radius 1 is 0.472 bits per heavy atom. The summed E-state index contributed by atoms with van der Waals surface area (Å²) in [5, 5.41) is 3.38. The lowest BCUT2D eigenvalue weighted by atomic mass is 9.87. The molecule has 192 valence electrons. The van der Waals surface area contributed by atoms with E-state index in [-0.39, 0.29) is 0 Å². The summed E-state index contributed by atoms with van der Waals surface area (Å²) in [7, 11) is 0. The van der Waals surface area contributed by atoms with Gasteiger partial charge in [0.05, 0.1) is 0 Å². The molecule has 0 unspecified atom stereocenters. The molecule has 0 heterocycles. The van der Waals surface area contributed by atoms with Gasteiger partial charge in [-0.25, -0.2) is 0 Å². The van der Waals surface area contributed by atoms with Gasteiger partial charge in [-0.05, 0) is 53.6 Å². The van der Waals surface area contributed by atoms with Gasteiger partial charge in [0.1, 0.15) is 0 Å². The van der Waals surface area contributed by atoms with Gasteiger partial charge in [0, 0.05) is 13.1 Å². The lowest BCUT2D eigenvalue weighted by Gasteiger charge is -2.17. The maximum absolute atomic E-state index is 5.51. The molecule has 36 heavy (non-hydrogen) atoms. The van der Waals surface area contributed by atoms with Gasteiger partial charge >= 0.3 is 0 Å². The van der Waals surface area contributed by atoms with Gasteiger partial charge in [-0.1, -0.05) is 142 Å². The van der Waals surface area contributed by atoms with Crippen molar-refractivity contribution in [3.8, 4) is 0 Å². The number of allylic oxidation sites excluding steroid dienone is 1. The molecule has 3 aromatic carbocycles. The molecule has 3 N–H and O–H groups in total. The third-order valence-electron chi connectivity index (χ3n) is 6.90. The van der Waals surface area contributed by atoms with E-state index in [1.54, 1.807) is 0 Å². The summed E-state index contributed by atoms with van der Waals surface area (Å²) in [6.07, 6.45) is 14.5. The van der Waals surface area contributed by atoms with Gasteiger partial charge in [-0.3, -0.25) is 0 Å². The number of unbranched alkanes of at least 4 members (excludes halogenated alkanes) is 9. The van der Waals surface area contributed by atoms with Crippen LogP contribution in [0.1, 0.15) is 87.3 Å². The summed E-state index contributed by atoms with van der Waals surface area (Å²) < 4.78 is 0. The van der Waals surface area contributed by atoms with Crippen molar-refractivity contribution in [1.29, 1.82) is 0 Å². The van der Waals surface area contributed by atoms with Gasteiger partial charge in [-0.15, -0.1) is 0 Å². The van der Waals surface area contributed by atoms with E-state index >= 15 is 0 Å². The second kappa shape index (κ2) is 17.7. The molecule has 0 aliphatic carbocycles. The molecule has 0 saturated carbocycles. The SMILES string of the molecule is NCCNCCCCCCCCCCCCC(=C(c1ccccc1)c1ccccc1)c1ccccc1. The molecule has 0 aliphatic rings. The van der Waals surface area contributed by atoms with Gasteiger partial charge in [0.15, 0.2) is 0 Å². The fourth-order valence-electron chi connectivity index (χ4n) is 4.97. The Bertz CT molecular complexity index is 922. The standard InChI is InChI=1S/C34H46N2/c35-27-29-36-28-19-8-6-4-2-1-3-5-7-18-26-33(30-20-12-9-13-21-30)34(31-22-14-10-15-23-31)32-24-16-11-17-25-32/h9-17,20-25,36H,1-8,18-19,26-29,35H2. The van der Waals surface area contributed by atoms with Gasteiger partial charge in [0.25, 0.3) is 0 Å². The van der Waals surface area contributed by atoms with Crippen molar-refractivity contribution in [3.63, 3.8) is 0 Å².